The van der Waals surface area contributed by atoms with E-state index < -0.39 is 0 Å². The maximum atomic E-state index is 4.35. The number of hydrogen-bond acceptors (Lipinski definition) is 5. The normalized spacial score (nSPS) is 10.7. The van der Waals surface area contributed by atoms with Gasteiger partial charge >= 0.3 is 0 Å². The number of nitrogens with zero attached hydrogens (tertiary/aromatic N) is 3. The van der Waals surface area contributed by atoms with Crippen LogP contribution in [0.4, 0.5) is 17.3 Å². The van der Waals surface area contributed by atoms with Crippen LogP contribution in [0.5, 0.6) is 0 Å². The molecule has 0 atom stereocenters. The monoisotopic (exact) mass is 333 g/mol. The van der Waals surface area contributed by atoms with Crippen LogP contribution in [0.15, 0.2) is 55.0 Å². The number of para-hydroxylation sites is 1. The Morgan fingerprint density at radius 2 is 1.80 bits per heavy atom. The summed E-state index contributed by atoms with van der Waals surface area (Å²) < 4.78 is 0. The summed E-state index contributed by atoms with van der Waals surface area (Å²) in [5.74, 6) is 1.98. The lowest BCUT2D eigenvalue weighted by atomic mass is 9.98. The SMILES string of the molecule is Cc1cccc(C(C)C)c1Nc1cc(NCc2ccccn2)ncn1. The highest BCUT2D eigenvalue weighted by molar-refractivity contribution is 5.66. The second kappa shape index (κ2) is 7.75. The third kappa shape index (κ3) is 4.32. The van der Waals surface area contributed by atoms with Crippen molar-refractivity contribution in [3.8, 4) is 0 Å². The molecule has 5 nitrogen and oxygen atoms in total. The fourth-order valence-corrected chi connectivity index (χ4v) is 2.68. The standard InChI is InChI=1S/C20H23N5/c1-14(2)17-9-6-7-15(3)20(17)25-19-11-18(23-13-24-19)22-12-16-8-4-5-10-21-16/h4-11,13-14H,12H2,1-3H3,(H2,22,23,24,25). The van der Waals surface area contributed by atoms with Crippen molar-refractivity contribution < 1.29 is 0 Å². The van der Waals surface area contributed by atoms with Gasteiger partial charge in [0.15, 0.2) is 0 Å². The smallest absolute Gasteiger partial charge is 0.135 e. The molecule has 0 bridgehead atoms. The molecule has 128 valence electrons. The number of anilines is 3. The van der Waals surface area contributed by atoms with Crippen molar-refractivity contribution in [3.05, 3.63) is 71.8 Å². The summed E-state index contributed by atoms with van der Waals surface area (Å²) in [5.41, 5.74) is 4.57. The van der Waals surface area contributed by atoms with E-state index >= 15 is 0 Å². The van der Waals surface area contributed by atoms with E-state index in [9.17, 15) is 0 Å². The Morgan fingerprint density at radius 3 is 2.56 bits per heavy atom. The van der Waals surface area contributed by atoms with E-state index in [0.717, 1.165) is 23.0 Å². The van der Waals surface area contributed by atoms with Gasteiger partial charge in [0, 0.05) is 18.0 Å². The first-order valence-electron chi connectivity index (χ1n) is 8.46. The van der Waals surface area contributed by atoms with E-state index in [4.69, 9.17) is 0 Å². The summed E-state index contributed by atoms with van der Waals surface area (Å²) in [6.45, 7) is 7.12. The van der Waals surface area contributed by atoms with Gasteiger partial charge in [-0.25, -0.2) is 9.97 Å². The van der Waals surface area contributed by atoms with Gasteiger partial charge in [-0.05, 0) is 36.1 Å². The Morgan fingerprint density at radius 1 is 0.960 bits per heavy atom. The lowest BCUT2D eigenvalue weighted by Crippen LogP contribution is -2.05. The largest absolute Gasteiger partial charge is 0.364 e. The molecule has 0 saturated heterocycles. The molecule has 2 aromatic heterocycles. The van der Waals surface area contributed by atoms with E-state index in [0.29, 0.717) is 12.5 Å². The van der Waals surface area contributed by atoms with Crippen molar-refractivity contribution in [3.63, 3.8) is 0 Å². The predicted molar refractivity (Wildman–Crippen MR) is 102 cm³/mol. The zero-order valence-electron chi connectivity index (χ0n) is 14.8. The number of rotatable bonds is 6. The molecule has 0 unspecified atom stereocenters. The molecule has 2 N–H and O–H groups in total. The summed E-state index contributed by atoms with van der Waals surface area (Å²) in [5, 5.41) is 6.74. The topological polar surface area (TPSA) is 62.7 Å². The molecule has 3 aromatic rings. The van der Waals surface area contributed by atoms with Crippen LogP contribution in [0.25, 0.3) is 0 Å². The van der Waals surface area contributed by atoms with Crippen LogP contribution in [0, 0.1) is 6.92 Å². The highest BCUT2D eigenvalue weighted by Crippen LogP contribution is 2.29. The maximum Gasteiger partial charge on any atom is 0.135 e. The minimum atomic E-state index is 0.436. The van der Waals surface area contributed by atoms with Gasteiger partial charge < -0.3 is 10.6 Å². The number of nitrogens with one attached hydrogen (secondary N) is 2. The zero-order chi connectivity index (χ0) is 17.6. The van der Waals surface area contributed by atoms with Crippen LogP contribution in [-0.4, -0.2) is 15.0 Å². The zero-order valence-corrected chi connectivity index (χ0v) is 14.8. The van der Waals surface area contributed by atoms with Crippen molar-refractivity contribution in [2.45, 2.75) is 33.2 Å². The van der Waals surface area contributed by atoms with Crippen LogP contribution in [-0.2, 0) is 6.54 Å². The van der Waals surface area contributed by atoms with Crippen molar-refractivity contribution >= 4 is 17.3 Å². The van der Waals surface area contributed by atoms with Crippen LogP contribution in [0.1, 0.15) is 36.6 Å². The number of aromatic nitrogens is 3. The van der Waals surface area contributed by atoms with Crippen molar-refractivity contribution in [2.24, 2.45) is 0 Å². The van der Waals surface area contributed by atoms with E-state index in [1.54, 1.807) is 12.5 Å². The van der Waals surface area contributed by atoms with Gasteiger partial charge in [-0.1, -0.05) is 38.1 Å². The maximum absolute atomic E-state index is 4.35. The molecule has 2 heterocycles. The van der Waals surface area contributed by atoms with Gasteiger partial charge in [0.2, 0.25) is 0 Å². The Balaban J connectivity index is 1.76. The van der Waals surface area contributed by atoms with Crippen molar-refractivity contribution in [1.82, 2.24) is 15.0 Å². The Kier molecular flexibility index (Phi) is 5.23. The Hall–Kier alpha value is -2.95. The Bertz CT molecular complexity index is 830. The number of aryl methyl sites for hydroxylation is 1. The van der Waals surface area contributed by atoms with Crippen LogP contribution in [0.3, 0.4) is 0 Å². The summed E-state index contributed by atoms with van der Waals surface area (Å²) in [6, 6.07) is 14.1. The van der Waals surface area contributed by atoms with E-state index in [1.165, 1.54) is 11.1 Å². The molecule has 0 aliphatic rings. The molecule has 5 heteroatoms. The number of hydrogen-bond donors (Lipinski definition) is 2. The second-order valence-corrected chi connectivity index (χ2v) is 6.28. The molecule has 1 aromatic carbocycles. The highest BCUT2D eigenvalue weighted by atomic mass is 15.1. The minimum absolute atomic E-state index is 0.436. The third-order valence-corrected chi connectivity index (χ3v) is 4.02. The van der Waals surface area contributed by atoms with Crippen LogP contribution < -0.4 is 10.6 Å². The van der Waals surface area contributed by atoms with Crippen LogP contribution >= 0.6 is 0 Å². The predicted octanol–water partition coefficient (Wildman–Crippen LogP) is 4.66. The fourth-order valence-electron chi connectivity index (χ4n) is 2.68. The van der Waals surface area contributed by atoms with E-state index in [2.05, 4.69) is 64.6 Å². The molecule has 0 spiro atoms. The molecule has 3 rings (SSSR count). The van der Waals surface area contributed by atoms with Crippen molar-refractivity contribution in [2.75, 3.05) is 10.6 Å². The van der Waals surface area contributed by atoms with Gasteiger partial charge in [0.25, 0.3) is 0 Å². The summed E-state index contributed by atoms with van der Waals surface area (Å²) in [7, 11) is 0. The number of benzene rings is 1. The summed E-state index contributed by atoms with van der Waals surface area (Å²) in [4.78, 5) is 12.9. The lowest BCUT2D eigenvalue weighted by molar-refractivity contribution is 0.867. The molecule has 0 aliphatic heterocycles. The molecular weight excluding hydrogens is 310 g/mol. The summed E-state index contributed by atoms with van der Waals surface area (Å²) >= 11 is 0. The molecule has 0 fully saturated rings. The lowest BCUT2D eigenvalue weighted by Gasteiger charge is -2.17. The molecule has 0 radical (unpaired) electrons. The van der Waals surface area contributed by atoms with E-state index in [1.807, 2.05) is 24.3 Å². The van der Waals surface area contributed by atoms with Crippen molar-refractivity contribution in [1.29, 1.82) is 0 Å². The van der Waals surface area contributed by atoms with Gasteiger partial charge in [0.1, 0.15) is 18.0 Å². The average molecular weight is 333 g/mol. The molecule has 0 aliphatic carbocycles. The molecule has 0 saturated carbocycles. The quantitative estimate of drug-likeness (QED) is 0.687. The molecule has 25 heavy (non-hydrogen) atoms. The highest BCUT2D eigenvalue weighted by Gasteiger charge is 2.10. The van der Waals surface area contributed by atoms with Gasteiger partial charge in [-0.15, -0.1) is 0 Å². The van der Waals surface area contributed by atoms with E-state index in [-0.39, 0.29) is 0 Å². The van der Waals surface area contributed by atoms with Crippen LogP contribution in [0.2, 0.25) is 0 Å². The molecule has 0 amide bonds. The fraction of sp³-hybridized carbons (Fsp3) is 0.250. The van der Waals surface area contributed by atoms with Gasteiger partial charge in [0.05, 0.1) is 12.2 Å². The second-order valence-electron chi connectivity index (χ2n) is 6.28. The first-order valence-corrected chi connectivity index (χ1v) is 8.46. The van der Waals surface area contributed by atoms with Gasteiger partial charge in [-0.2, -0.15) is 0 Å². The molecular formula is C20H23N5. The summed E-state index contributed by atoms with van der Waals surface area (Å²) in [6.07, 6.45) is 3.35. The number of pyridine rings is 1. The van der Waals surface area contributed by atoms with Gasteiger partial charge in [-0.3, -0.25) is 4.98 Å². The first kappa shape index (κ1) is 16.9. The third-order valence-electron chi connectivity index (χ3n) is 4.02. The Labute approximate surface area is 148 Å². The first-order chi connectivity index (χ1) is 12.1. The average Bonchev–Trinajstić information content (AvgIpc) is 2.63. The minimum Gasteiger partial charge on any atom is -0.364 e.